The lowest BCUT2D eigenvalue weighted by Gasteiger charge is -2.24. The number of ether oxygens (including phenoxy) is 2. The minimum Gasteiger partial charge on any atom is -0.497 e. The average Bonchev–Trinajstić information content (AvgIpc) is 2.61. The van der Waals surface area contributed by atoms with E-state index in [1.165, 1.54) is 24.3 Å². The molecule has 1 aliphatic rings. The summed E-state index contributed by atoms with van der Waals surface area (Å²) >= 11 is 2.01. The monoisotopic (exact) mass is 337 g/mol. The Labute approximate surface area is 143 Å². The predicted octanol–water partition coefficient (Wildman–Crippen LogP) is 2.52. The first-order valence-electron chi connectivity index (χ1n) is 8.13. The maximum absolute atomic E-state index is 5.73. The number of thioether (sulfide) groups is 1. The Kier molecular flexibility index (Phi) is 7.93. The van der Waals surface area contributed by atoms with Crippen LogP contribution in [0.3, 0.4) is 0 Å². The third-order valence-corrected chi connectivity index (χ3v) is 4.86. The normalized spacial score (nSPS) is 18.3. The molecule has 128 valence electrons. The van der Waals surface area contributed by atoms with Crippen LogP contribution >= 0.6 is 11.8 Å². The van der Waals surface area contributed by atoms with Crippen LogP contribution in [0.15, 0.2) is 29.3 Å². The van der Waals surface area contributed by atoms with Crippen LogP contribution in [-0.4, -0.2) is 50.8 Å². The smallest absolute Gasteiger partial charge is 0.191 e. The summed E-state index contributed by atoms with van der Waals surface area (Å²) in [7, 11) is 3.48. The molecule has 1 atom stereocenters. The van der Waals surface area contributed by atoms with Gasteiger partial charge in [-0.3, -0.25) is 4.99 Å². The highest BCUT2D eigenvalue weighted by Gasteiger charge is 2.14. The molecule has 1 saturated heterocycles. The van der Waals surface area contributed by atoms with E-state index in [0.717, 1.165) is 30.4 Å². The number of nitrogens with zero attached hydrogens (tertiary/aromatic N) is 1. The van der Waals surface area contributed by atoms with E-state index in [9.17, 15) is 0 Å². The molecule has 0 bridgehead atoms. The molecule has 0 saturated carbocycles. The summed E-state index contributed by atoms with van der Waals surface area (Å²) in [6, 6.07) is 8.22. The Morgan fingerprint density at radius 2 is 2.26 bits per heavy atom. The van der Waals surface area contributed by atoms with E-state index in [-0.39, 0.29) is 0 Å². The summed E-state index contributed by atoms with van der Waals surface area (Å²) in [5.41, 5.74) is 0. The van der Waals surface area contributed by atoms with Gasteiger partial charge in [-0.25, -0.2) is 0 Å². The molecule has 1 aliphatic heterocycles. The van der Waals surface area contributed by atoms with Crippen molar-refractivity contribution in [1.82, 2.24) is 10.6 Å². The number of rotatable bonds is 7. The van der Waals surface area contributed by atoms with Crippen LogP contribution in [0.2, 0.25) is 0 Å². The molecule has 1 fully saturated rings. The molecular weight excluding hydrogens is 310 g/mol. The topological polar surface area (TPSA) is 54.9 Å². The van der Waals surface area contributed by atoms with Crippen LogP contribution in [0.4, 0.5) is 0 Å². The van der Waals surface area contributed by atoms with Crippen LogP contribution in [0, 0.1) is 0 Å². The summed E-state index contributed by atoms with van der Waals surface area (Å²) in [5, 5.41) is 6.84. The van der Waals surface area contributed by atoms with Crippen LogP contribution < -0.4 is 20.1 Å². The molecule has 23 heavy (non-hydrogen) atoms. The van der Waals surface area contributed by atoms with Crippen molar-refractivity contribution in [3.63, 3.8) is 0 Å². The summed E-state index contributed by atoms with van der Waals surface area (Å²) < 4.78 is 10.9. The molecule has 0 amide bonds. The Balaban J connectivity index is 1.61. The van der Waals surface area contributed by atoms with Gasteiger partial charge in [-0.1, -0.05) is 6.07 Å². The fraction of sp³-hybridized carbons (Fsp3) is 0.588. The first kappa shape index (κ1) is 17.8. The van der Waals surface area contributed by atoms with Crippen molar-refractivity contribution in [2.45, 2.75) is 25.3 Å². The lowest BCUT2D eigenvalue weighted by atomic mass is 10.2. The Morgan fingerprint density at radius 1 is 1.39 bits per heavy atom. The second kappa shape index (κ2) is 10.3. The maximum atomic E-state index is 5.73. The zero-order chi connectivity index (χ0) is 16.3. The fourth-order valence-electron chi connectivity index (χ4n) is 2.40. The van der Waals surface area contributed by atoms with Crippen LogP contribution in [0.25, 0.3) is 0 Å². The Morgan fingerprint density at radius 3 is 3.00 bits per heavy atom. The highest BCUT2D eigenvalue weighted by Crippen LogP contribution is 2.19. The highest BCUT2D eigenvalue weighted by atomic mass is 32.2. The van der Waals surface area contributed by atoms with Crippen molar-refractivity contribution in [1.29, 1.82) is 0 Å². The molecule has 6 heteroatoms. The number of nitrogens with one attached hydrogen (secondary N) is 2. The summed E-state index contributed by atoms with van der Waals surface area (Å²) in [5.74, 6) is 4.99. The van der Waals surface area contributed by atoms with Crippen molar-refractivity contribution in [3.8, 4) is 11.5 Å². The van der Waals surface area contributed by atoms with Gasteiger partial charge in [-0.2, -0.15) is 11.8 Å². The van der Waals surface area contributed by atoms with Gasteiger partial charge in [0, 0.05) is 31.5 Å². The second-order valence-electron chi connectivity index (χ2n) is 5.44. The van der Waals surface area contributed by atoms with Crippen molar-refractivity contribution < 1.29 is 9.47 Å². The fourth-order valence-corrected chi connectivity index (χ4v) is 3.47. The zero-order valence-electron chi connectivity index (χ0n) is 14.0. The second-order valence-corrected chi connectivity index (χ2v) is 6.59. The molecule has 1 aromatic rings. The van der Waals surface area contributed by atoms with Crippen molar-refractivity contribution >= 4 is 17.7 Å². The molecule has 2 rings (SSSR count). The Bertz CT molecular complexity index is 490. The van der Waals surface area contributed by atoms with E-state index in [1.807, 2.05) is 43.1 Å². The van der Waals surface area contributed by atoms with Gasteiger partial charge in [0.1, 0.15) is 11.5 Å². The summed E-state index contributed by atoms with van der Waals surface area (Å²) in [6.07, 6.45) is 3.43. The van der Waals surface area contributed by atoms with Gasteiger partial charge < -0.3 is 20.1 Å². The minimum absolute atomic E-state index is 0.535. The maximum Gasteiger partial charge on any atom is 0.191 e. The van der Waals surface area contributed by atoms with E-state index in [0.29, 0.717) is 12.6 Å². The number of guanidine groups is 1. The predicted molar refractivity (Wildman–Crippen MR) is 98.0 cm³/mol. The standard InChI is InChI=1S/C17H27N3O2S/c1-18-17(20-14-6-4-11-23-13-14)19-9-5-10-22-16-8-3-7-15(12-16)21-2/h3,7-8,12,14H,4-6,9-11,13H2,1-2H3,(H2,18,19,20). The van der Waals surface area contributed by atoms with E-state index in [2.05, 4.69) is 15.6 Å². The number of hydrogen-bond donors (Lipinski definition) is 2. The third-order valence-electron chi connectivity index (χ3n) is 3.65. The molecular formula is C17H27N3O2S. The van der Waals surface area contributed by atoms with Gasteiger partial charge >= 0.3 is 0 Å². The quantitative estimate of drug-likeness (QED) is 0.455. The van der Waals surface area contributed by atoms with E-state index < -0.39 is 0 Å². The summed E-state index contributed by atoms with van der Waals surface area (Å²) in [4.78, 5) is 4.29. The molecule has 0 aliphatic carbocycles. The first-order chi connectivity index (χ1) is 11.3. The SMILES string of the molecule is CN=C(NCCCOc1cccc(OC)c1)NC1CCCSC1. The van der Waals surface area contributed by atoms with Gasteiger partial charge in [0.15, 0.2) is 5.96 Å². The van der Waals surface area contributed by atoms with Gasteiger partial charge in [-0.05, 0) is 37.1 Å². The Hall–Kier alpha value is -1.56. The van der Waals surface area contributed by atoms with E-state index in [1.54, 1.807) is 7.11 Å². The number of benzene rings is 1. The molecule has 0 spiro atoms. The molecule has 1 heterocycles. The van der Waals surface area contributed by atoms with Gasteiger partial charge in [0.2, 0.25) is 0 Å². The summed E-state index contributed by atoms with van der Waals surface area (Å²) in [6.45, 7) is 1.50. The van der Waals surface area contributed by atoms with E-state index >= 15 is 0 Å². The first-order valence-corrected chi connectivity index (χ1v) is 9.29. The van der Waals surface area contributed by atoms with Crippen molar-refractivity contribution in [2.75, 3.05) is 38.8 Å². The number of aliphatic imine (C=N–C) groups is 1. The van der Waals surface area contributed by atoms with Gasteiger partial charge in [0.05, 0.1) is 13.7 Å². The average molecular weight is 337 g/mol. The third kappa shape index (κ3) is 6.60. The van der Waals surface area contributed by atoms with Crippen LogP contribution in [-0.2, 0) is 0 Å². The van der Waals surface area contributed by atoms with Crippen molar-refractivity contribution in [2.24, 2.45) is 4.99 Å². The number of methoxy groups -OCH3 is 1. The number of hydrogen-bond acceptors (Lipinski definition) is 4. The highest BCUT2D eigenvalue weighted by molar-refractivity contribution is 7.99. The molecule has 1 unspecified atom stereocenters. The van der Waals surface area contributed by atoms with E-state index in [4.69, 9.17) is 9.47 Å². The lowest BCUT2D eigenvalue weighted by molar-refractivity contribution is 0.308. The molecule has 0 aromatic heterocycles. The van der Waals surface area contributed by atoms with Crippen LogP contribution in [0.5, 0.6) is 11.5 Å². The molecule has 2 N–H and O–H groups in total. The van der Waals surface area contributed by atoms with Gasteiger partial charge in [-0.15, -0.1) is 0 Å². The largest absolute Gasteiger partial charge is 0.497 e. The molecule has 0 radical (unpaired) electrons. The van der Waals surface area contributed by atoms with Crippen LogP contribution in [0.1, 0.15) is 19.3 Å². The minimum atomic E-state index is 0.535. The van der Waals surface area contributed by atoms with Crippen molar-refractivity contribution in [3.05, 3.63) is 24.3 Å². The molecule has 1 aromatic carbocycles. The zero-order valence-corrected chi connectivity index (χ0v) is 14.8. The van der Waals surface area contributed by atoms with Gasteiger partial charge in [0.25, 0.3) is 0 Å². The molecule has 5 nitrogen and oxygen atoms in total. The lowest BCUT2D eigenvalue weighted by Crippen LogP contribution is -2.45.